The third-order valence-electron chi connectivity index (χ3n) is 4.02. The second kappa shape index (κ2) is 9.04. The Morgan fingerprint density at radius 1 is 1.33 bits per heavy atom. The maximum atomic E-state index is 11.7. The minimum atomic E-state index is -0.580. The highest BCUT2D eigenvalue weighted by atomic mass is 32.2. The molecule has 1 aliphatic rings. The molecule has 0 aromatic heterocycles. The number of benzene rings is 1. The maximum absolute atomic E-state index is 11.7. The van der Waals surface area contributed by atoms with E-state index in [0.29, 0.717) is 5.92 Å². The van der Waals surface area contributed by atoms with Crippen molar-refractivity contribution in [3.8, 4) is 0 Å². The van der Waals surface area contributed by atoms with Crippen molar-refractivity contribution >= 4 is 16.4 Å². The molecule has 2 atom stereocenters. The van der Waals surface area contributed by atoms with Gasteiger partial charge in [0.05, 0.1) is 12.9 Å². The Balaban J connectivity index is 1.66. The van der Waals surface area contributed by atoms with E-state index < -0.39 is 10.8 Å². The first kappa shape index (κ1) is 16.3. The molecule has 1 heterocycles. The molecule has 3 heteroatoms. The zero-order valence-corrected chi connectivity index (χ0v) is 13.7. The minimum Gasteiger partial charge on any atom is -0.501 e. The van der Waals surface area contributed by atoms with E-state index in [2.05, 4.69) is 19.1 Å². The zero-order valence-electron chi connectivity index (χ0n) is 12.9. The summed E-state index contributed by atoms with van der Waals surface area (Å²) in [6, 6.07) is 10.3. The molecule has 1 fully saturated rings. The highest BCUT2D eigenvalue weighted by Gasteiger charge is 2.16. The number of hydrogen-bond donors (Lipinski definition) is 0. The summed E-state index contributed by atoms with van der Waals surface area (Å²) in [4.78, 5) is 0. The van der Waals surface area contributed by atoms with E-state index in [4.69, 9.17) is 4.74 Å². The lowest BCUT2D eigenvalue weighted by atomic mass is 9.99. The largest absolute Gasteiger partial charge is 0.501 e. The molecule has 21 heavy (non-hydrogen) atoms. The Kier molecular flexibility index (Phi) is 7.01. The van der Waals surface area contributed by atoms with E-state index in [1.54, 1.807) is 0 Å². The molecule has 0 N–H and O–H groups in total. The predicted octanol–water partition coefficient (Wildman–Crippen LogP) is 4.39. The summed E-state index contributed by atoms with van der Waals surface area (Å²) in [6.07, 6.45) is 7.68. The smallest absolute Gasteiger partial charge is 0.0873 e. The molecule has 1 aromatic carbocycles. The summed E-state index contributed by atoms with van der Waals surface area (Å²) in [5.74, 6) is 2.45. The van der Waals surface area contributed by atoms with Crippen molar-refractivity contribution in [3.05, 3.63) is 42.2 Å². The van der Waals surface area contributed by atoms with Crippen molar-refractivity contribution in [1.29, 1.82) is 0 Å². The lowest BCUT2D eigenvalue weighted by molar-refractivity contribution is 0.234. The SMILES string of the molecule is C/C(=C/OCCCC1CCCCS(=O)C1)c1ccccc1. The van der Waals surface area contributed by atoms with Gasteiger partial charge >= 0.3 is 0 Å². The van der Waals surface area contributed by atoms with Crippen molar-refractivity contribution in [2.45, 2.75) is 39.0 Å². The first-order valence-corrected chi connectivity index (χ1v) is 9.43. The summed E-state index contributed by atoms with van der Waals surface area (Å²) in [7, 11) is -0.580. The molecule has 0 bridgehead atoms. The number of hydrogen-bond acceptors (Lipinski definition) is 2. The second-order valence-electron chi connectivity index (χ2n) is 5.85. The van der Waals surface area contributed by atoms with Gasteiger partial charge in [-0.2, -0.15) is 0 Å². The van der Waals surface area contributed by atoms with Crippen LogP contribution in [0.4, 0.5) is 0 Å². The van der Waals surface area contributed by atoms with Crippen LogP contribution in [0.2, 0.25) is 0 Å². The molecule has 1 aromatic rings. The van der Waals surface area contributed by atoms with Gasteiger partial charge in [0.25, 0.3) is 0 Å². The quantitative estimate of drug-likeness (QED) is 0.575. The first-order chi connectivity index (χ1) is 10.3. The van der Waals surface area contributed by atoms with Crippen molar-refractivity contribution < 1.29 is 8.95 Å². The summed E-state index contributed by atoms with van der Waals surface area (Å²) in [6.45, 7) is 2.83. The van der Waals surface area contributed by atoms with Crippen LogP contribution in [0.3, 0.4) is 0 Å². The van der Waals surface area contributed by atoms with Crippen LogP contribution in [-0.2, 0) is 15.5 Å². The fourth-order valence-corrected chi connectivity index (χ4v) is 4.31. The molecule has 2 rings (SSSR count). The van der Waals surface area contributed by atoms with Gasteiger partial charge in [0, 0.05) is 22.3 Å². The third-order valence-corrected chi connectivity index (χ3v) is 5.61. The molecule has 0 aliphatic carbocycles. The van der Waals surface area contributed by atoms with Crippen molar-refractivity contribution in [2.75, 3.05) is 18.1 Å². The lowest BCUT2D eigenvalue weighted by Gasteiger charge is -2.12. The lowest BCUT2D eigenvalue weighted by Crippen LogP contribution is -2.10. The van der Waals surface area contributed by atoms with E-state index in [-0.39, 0.29) is 0 Å². The van der Waals surface area contributed by atoms with E-state index in [1.165, 1.54) is 18.4 Å². The van der Waals surface area contributed by atoms with E-state index >= 15 is 0 Å². The average Bonchev–Trinajstić information content (AvgIpc) is 2.72. The summed E-state index contributed by atoms with van der Waals surface area (Å²) in [5, 5.41) is 0. The monoisotopic (exact) mass is 306 g/mol. The van der Waals surface area contributed by atoms with Gasteiger partial charge in [-0.15, -0.1) is 0 Å². The van der Waals surface area contributed by atoms with Gasteiger partial charge in [-0.3, -0.25) is 4.21 Å². The van der Waals surface area contributed by atoms with Crippen LogP contribution < -0.4 is 0 Å². The molecular formula is C18H26O2S. The van der Waals surface area contributed by atoms with Crippen molar-refractivity contribution in [1.82, 2.24) is 0 Å². The fraction of sp³-hybridized carbons (Fsp3) is 0.556. The van der Waals surface area contributed by atoms with Gasteiger partial charge in [0.2, 0.25) is 0 Å². The highest BCUT2D eigenvalue weighted by molar-refractivity contribution is 7.84. The van der Waals surface area contributed by atoms with Gasteiger partial charge in [-0.05, 0) is 49.7 Å². The molecule has 2 unspecified atom stereocenters. The van der Waals surface area contributed by atoms with Crippen LogP contribution in [0, 0.1) is 5.92 Å². The van der Waals surface area contributed by atoms with Gasteiger partial charge in [-0.1, -0.05) is 36.8 Å². The van der Waals surface area contributed by atoms with Gasteiger partial charge in [0.1, 0.15) is 0 Å². The molecule has 2 nitrogen and oxygen atoms in total. The average molecular weight is 306 g/mol. The Labute approximate surface area is 131 Å². The Bertz CT molecular complexity index is 467. The van der Waals surface area contributed by atoms with E-state index in [1.807, 2.05) is 24.5 Å². The van der Waals surface area contributed by atoms with Gasteiger partial charge < -0.3 is 4.74 Å². The predicted molar refractivity (Wildman–Crippen MR) is 90.5 cm³/mol. The number of ether oxygens (including phenoxy) is 1. The van der Waals surface area contributed by atoms with Crippen LogP contribution in [0.15, 0.2) is 36.6 Å². The van der Waals surface area contributed by atoms with Crippen molar-refractivity contribution in [2.24, 2.45) is 5.92 Å². The van der Waals surface area contributed by atoms with E-state index in [0.717, 1.165) is 42.9 Å². The molecule has 116 valence electrons. The Morgan fingerprint density at radius 2 is 2.14 bits per heavy atom. The molecular weight excluding hydrogens is 280 g/mol. The normalized spacial score (nSPS) is 23.6. The minimum absolute atomic E-state index is 0.580. The van der Waals surface area contributed by atoms with Crippen LogP contribution in [0.25, 0.3) is 5.57 Å². The van der Waals surface area contributed by atoms with Crippen LogP contribution in [-0.4, -0.2) is 22.3 Å². The second-order valence-corrected chi connectivity index (χ2v) is 7.47. The Morgan fingerprint density at radius 3 is 2.95 bits per heavy atom. The topological polar surface area (TPSA) is 26.3 Å². The van der Waals surface area contributed by atoms with Gasteiger partial charge in [-0.25, -0.2) is 0 Å². The Hall–Kier alpha value is -1.09. The molecule has 1 aliphatic heterocycles. The fourth-order valence-electron chi connectivity index (χ4n) is 2.76. The van der Waals surface area contributed by atoms with Crippen LogP contribution in [0.1, 0.15) is 44.6 Å². The van der Waals surface area contributed by atoms with Crippen LogP contribution in [0.5, 0.6) is 0 Å². The zero-order chi connectivity index (χ0) is 14.9. The van der Waals surface area contributed by atoms with Crippen LogP contribution >= 0.6 is 0 Å². The number of rotatable bonds is 6. The molecule has 0 radical (unpaired) electrons. The summed E-state index contributed by atoms with van der Waals surface area (Å²) < 4.78 is 17.4. The molecule has 0 amide bonds. The first-order valence-electron chi connectivity index (χ1n) is 7.94. The number of allylic oxidation sites excluding steroid dienone is 1. The van der Waals surface area contributed by atoms with Gasteiger partial charge in [0.15, 0.2) is 0 Å². The third kappa shape index (κ3) is 6.04. The molecule has 1 saturated heterocycles. The maximum Gasteiger partial charge on any atom is 0.0873 e. The van der Waals surface area contributed by atoms with E-state index in [9.17, 15) is 4.21 Å². The standard InChI is InChI=1S/C18H26O2S/c1-16(18-10-3-2-4-11-18)14-20-12-7-9-17-8-5-6-13-21(19)15-17/h2-4,10-11,14,17H,5-9,12-13,15H2,1H3/b16-14-. The van der Waals surface area contributed by atoms with Crippen molar-refractivity contribution in [3.63, 3.8) is 0 Å². The highest BCUT2D eigenvalue weighted by Crippen LogP contribution is 2.20. The molecule has 0 saturated carbocycles. The summed E-state index contributed by atoms with van der Waals surface area (Å²) in [5.41, 5.74) is 2.36. The molecule has 0 spiro atoms. The summed E-state index contributed by atoms with van der Waals surface area (Å²) >= 11 is 0.